The van der Waals surface area contributed by atoms with Crippen LogP contribution in [-0.2, 0) is 0 Å². The summed E-state index contributed by atoms with van der Waals surface area (Å²) in [5.74, 6) is 0.201. The van der Waals surface area contributed by atoms with Crippen LogP contribution in [0.15, 0.2) is 59.4 Å². The Balaban J connectivity index is 2.28. The number of H-pyrrole nitrogens is 1. The Morgan fingerprint density at radius 3 is 2.27 bits per heavy atom. The number of aromatic nitrogens is 2. The SMILES string of the molecule is CC(C)c1[nH]n(-c2ccccc2Cl)c(=O)c1-c1ccccc1. The fourth-order valence-corrected chi connectivity index (χ4v) is 2.78. The Kier molecular flexibility index (Phi) is 3.90. The number of hydrogen-bond donors (Lipinski definition) is 1. The molecule has 1 N–H and O–H groups in total. The standard InChI is InChI=1S/C18H17ClN2O/c1-12(2)17-16(13-8-4-3-5-9-13)18(22)21(20-17)15-11-7-6-10-14(15)19/h3-12,20H,1-2H3. The number of nitrogens with one attached hydrogen (secondary N) is 1. The number of halogens is 1. The van der Waals surface area contributed by atoms with E-state index in [1.165, 1.54) is 4.68 Å². The van der Waals surface area contributed by atoms with Crippen molar-refractivity contribution in [2.75, 3.05) is 0 Å². The van der Waals surface area contributed by atoms with Crippen LogP contribution >= 0.6 is 11.6 Å². The minimum absolute atomic E-state index is 0.0806. The minimum Gasteiger partial charge on any atom is -0.294 e. The average molecular weight is 313 g/mol. The van der Waals surface area contributed by atoms with Gasteiger partial charge in [0.1, 0.15) is 0 Å². The van der Waals surface area contributed by atoms with E-state index in [9.17, 15) is 4.79 Å². The first kappa shape index (κ1) is 14.7. The van der Waals surface area contributed by atoms with E-state index < -0.39 is 0 Å². The molecule has 1 heterocycles. The van der Waals surface area contributed by atoms with Crippen molar-refractivity contribution in [2.45, 2.75) is 19.8 Å². The minimum atomic E-state index is -0.0806. The smallest absolute Gasteiger partial charge is 0.279 e. The van der Waals surface area contributed by atoms with Crippen molar-refractivity contribution in [3.8, 4) is 16.8 Å². The molecule has 0 radical (unpaired) electrons. The predicted molar refractivity (Wildman–Crippen MR) is 90.9 cm³/mol. The normalized spacial score (nSPS) is 11.1. The zero-order valence-electron chi connectivity index (χ0n) is 12.5. The van der Waals surface area contributed by atoms with Gasteiger partial charge in [-0.25, -0.2) is 4.68 Å². The van der Waals surface area contributed by atoms with E-state index in [1.807, 2.05) is 48.5 Å². The molecule has 0 spiro atoms. The third-order valence-corrected chi connectivity index (χ3v) is 3.97. The Labute approximate surface area is 134 Å². The van der Waals surface area contributed by atoms with Crippen molar-refractivity contribution in [1.29, 1.82) is 0 Å². The summed E-state index contributed by atoms with van der Waals surface area (Å²) in [6.07, 6.45) is 0. The van der Waals surface area contributed by atoms with Crippen LogP contribution in [0.25, 0.3) is 16.8 Å². The highest BCUT2D eigenvalue weighted by Crippen LogP contribution is 2.27. The van der Waals surface area contributed by atoms with Crippen LogP contribution in [0.5, 0.6) is 0 Å². The molecule has 0 unspecified atom stereocenters. The monoisotopic (exact) mass is 312 g/mol. The van der Waals surface area contributed by atoms with Gasteiger partial charge in [-0.3, -0.25) is 9.89 Å². The molecule has 0 atom stereocenters. The number of benzene rings is 2. The second-order valence-corrected chi connectivity index (χ2v) is 5.92. The van der Waals surface area contributed by atoms with Crippen molar-refractivity contribution in [3.63, 3.8) is 0 Å². The quantitative estimate of drug-likeness (QED) is 0.753. The van der Waals surface area contributed by atoms with Crippen LogP contribution in [0.2, 0.25) is 5.02 Å². The van der Waals surface area contributed by atoms with Gasteiger partial charge in [0, 0.05) is 5.69 Å². The van der Waals surface area contributed by atoms with Crippen LogP contribution in [0, 0.1) is 0 Å². The lowest BCUT2D eigenvalue weighted by Gasteiger charge is -2.06. The summed E-state index contributed by atoms with van der Waals surface area (Å²) < 4.78 is 1.53. The molecule has 3 aromatic rings. The number of hydrogen-bond acceptors (Lipinski definition) is 1. The molecule has 4 heteroatoms. The summed E-state index contributed by atoms with van der Waals surface area (Å²) in [5.41, 5.74) is 3.12. The van der Waals surface area contributed by atoms with Crippen LogP contribution in [-0.4, -0.2) is 9.78 Å². The zero-order valence-corrected chi connectivity index (χ0v) is 13.3. The Bertz CT molecular complexity index is 847. The molecule has 0 amide bonds. The van der Waals surface area contributed by atoms with Crippen LogP contribution in [0.4, 0.5) is 0 Å². The van der Waals surface area contributed by atoms with Gasteiger partial charge in [0.25, 0.3) is 5.56 Å². The lowest BCUT2D eigenvalue weighted by atomic mass is 10.00. The van der Waals surface area contributed by atoms with Gasteiger partial charge < -0.3 is 0 Å². The van der Waals surface area contributed by atoms with E-state index in [0.29, 0.717) is 16.3 Å². The molecule has 0 bridgehead atoms. The Hall–Kier alpha value is -2.26. The molecular formula is C18H17ClN2O. The molecule has 22 heavy (non-hydrogen) atoms. The van der Waals surface area contributed by atoms with Gasteiger partial charge in [0.05, 0.1) is 16.3 Å². The largest absolute Gasteiger partial charge is 0.294 e. The summed E-state index contributed by atoms with van der Waals surface area (Å²) in [5, 5.41) is 3.77. The number of rotatable bonds is 3. The van der Waals surface area contributed by atoms with E-state index in [0.717, 1.165) is 11.3 Å². The molecule has 3 rings (SSSR count). The van der Waals surface area contributed by atoms with Crippen molar-refractivity contribution < 1.29 is 0 Å². The summed E-state index contributed by atoms with van der Waals surface area (Å²) in [6.45, 7) is 4.13. The maximum Gasteiger partial charge on any atom is 0.279 e. The molecule has 0 aliphatic carbocycles. The first-order valence-electron chi connectivity index (χ1n) is 7.25. The first-order chi connectivity index (χ1) is 10.6. The van der Waals surface area contributed by atoms with Crippen LogP contribution in [0.1, 0.15) is 25.5 Å². The summed E-state index contributed by atoms with van der Waals surface area (Å²) in [4.78, 5) is 12.9. The van der Waals surface area contributed by atoms with Crippen molar-refractivity contribution in [2.24, 2.45) is 0 Å². The van der Waals surface area contributed by atoms with Crippen LogP contribution in [0.3, 0.4) is 0 Å². The van der Waals surface area contributed by atoms with Gasteiger partial charge in [0.15, 0.2) is 0 Å². The van der Waals surface area contributed by atoms with E-state index in [1.54, 1.807) is 6.07 Å². The molecule has 2 aromatic carbocycles. The van der Waals surface area contributed by atoms with E-state index in [4.69, 9.17) is 11.6 Å². The van der Waals surface area contributed by atoms with E-state index >= 15 is 0 Å². The Morgan fingerprint density at radius 2 is 1.64 bits per heavy atom. The molecule has 0 saturated heterocycles. The highest BCUT2D eigenvalue weighted by Gasteiger charge is 2.19. The molecule has 0 saturated carbocycles. The van der Waals surface area contributed by atoms with Gasteiger partial charge in [-0.2, -0.15) is 0 Å². The zero-order chi connectivity index (χ0) is 15.7. The van der Waals surface area contributed by atoms with Gasteiger partial charge in [-0.1, -0.05) is 67.9 Å². The van der Waals surface area contributed by atoms with Crippen LogP contribution < -0.4 is 5.56 Å². The second-order valence-electron chi connectivity index (χ2n) is 5.51. The fourth-order valence-electron chi connectivity index (χ4n) is 2.56. The first-order valence-corrected chi connectivity index (χ1v) is 7.62. The van der Waals surface area contributed by atoms with Gasteiger partial charge in [-0.15, -0.1) is 0 Å². The molecule has 0 fully saturated rings. The van der Waals surface area contributed by atoms with Gasteiger partial charge in [-0.05, 0) is 23.6 Å². The maximum absolute atomic E-state index is 12.9. The number of aromatic amines is 1. The highest BCUT2D eigenvalue weighted by atomic mass is 35.5. The summed E-state index contributed by atoms with van der Waals surface area (Å²) in [6, 6.07) is 17.0. The topological polar surface area (TPSA) is 37.8 Å². The predicted octanol–water partition coefficient (Wildman–Crippen LogP) is 4.61. The lowest BCUT2D eigenvalue weighted by molar-refractivity contribution is 0.761. The van der Waals surface area contributed by atoms with Crippen molar-refractivity contribution >= 4 is 11.6 Å². The molecule has 0 aliphatic heterocycles. The average Bonchev–Trinajstić information content (AvgIpc) is 2.86. The number of nitrogens with zero attached hydrogens (tertiary/aromatic N) is 1. The van der Waals surface area contributed by atoms with Gasteiger partial charge in [0.2, 0.25) is 0 Å². The second kappa shape index (κ2) is 5.85. The summed E-state index contributed by atoms with van der Waals surface area (Å²) >= 11 is 6.24. The third kappa shape index (κ3) is 2.48. The van der Waals surface area contributed by atoms with Crippen molar-refractivity contribution in [3.05, 3.63) is 75.7 Å². The maximum atomic E-state index is 12.9. The molecule has 3 nitrogen and oxygen atoms in total. The van der Waals surface area contributed by atoms with Crippen molar-refractivity contribution in [1.82, 2.24) is 9.78 Å². The third-order valence-electron chi connectivity index (χ3n) is 3.65. The van der Waals surface area contributed by atoms with E-state index in [2.05, 4.69) is 18.9 Å². The number of para-hydroxylation sites is 1. The molecule has 0 aliphatic rings. The Morgan fingerprint density at radius 1 is 1.00 bits per heavy atom. The lowest BCUT2D eigenvalue weighted by Crippen LogP contribution is -2.15. The van der Waals surface area contributed by atoms with Gasteiger partial charge >= 0.3 is 0 Å². The molecule has 112 valence electrons. The summed E-state index contributed by atoms with van der Waals surface area (Å²) in [7, 11) is 0. The highest BCUT2D eigenvalue weighted by molar-refractivity contribution is 6.32. The molecular weight excluding hydrogens is 296 g/mol. The van der Waals surface area contributed by atoms with E-state index in [-0.39, 0.29) is 11.5 Å². The fraction of sp³-hybridized carbons (Fsp3) is 0.167. The molecule has 1 aromatic heterocycles.